The molecule has 2 atom stereocenters. The van der Waals surface area contributed by atoms with Gasteiger partial charge in [0.05, 0.1) is 13.0 Å². The summed E-state index contributed by atoms with van der Waals surface area (Å²) in [6.07, 6.45) is 0.871. The van der Waals surface area contributed by atoms with Gasteiger partial charge in [0.15, 0.2) is 0 Å². The van der Waals surface area contributed by atoms with Crippen molar-refractivity contribution < 1.29 is 9.53 Å². The molecule has 0 unspecified atom stereocenters. The third-order valence-corrected chi connectivity index (χ3v) is 2.37. The molecule has 0 saturated carbocycles. The van der Waals surface area contributed by atoms with Crippen LogP contribution in [0.5, 0.6) is 0 Å². The van der Waals surface area contributed by atoms with Gasteiger partial charge in [0.25, 0.3) is 0 Å². The van der Waals surface area contributed by atoms with Crippen molar-refractivity contribution in [2.45, 2.75) is 12.5 Å². The minimum Gasteiger partial charge on any atom is -0.469 e. The molecule has 12 heavy (non-hydrogen) atoms. The van der Waals surface area contributed by atoms with Gasteiger partial charge in [-0.1, -0.05) is 0 Å². The Hall–Kier alpha value is -0.610. The number of ether oxygens (including phenoxy) is 1. The van der Waals surface area contributed by atoms with E-state index in [2.05, 4.69) is 9.64 Å². The maximum atomic E-state index is 11.2. The van der Waals surface area contributed by atoms with Crippen molar-refractivity contribution >= 4 is 5.97 Å². The van der Waals surface area contributed by atoms with Crippen molar-refractivity contribution in [2.75, 3.05) is 27.2 Å². The fourth-order valence-corrected chi connectivity index (χ4v) is 1.53. The summed E-state index contributed by atoms with van der Waals surface area (Å²) in [5, 5.41) is 0. The van der Waals surface area contributed by atoms with E-state index >= 15 is 0 Å². The largest absolute Gasteiger partial charge is 0.469 e. The van der Waals surface area contributed by atoms with E-state index in [1.54, 1.807) is 0 Å². The molecule has 0 amide bonds. The fourth-order valence-electron chi connectivity index (χ4n) is 1.53. The highest BCUT2D eigenvalue weighted by atomic mass is 16.5. The number of carbonyl (C=O) groups excluding carboxylic acids is 1. The summed E-state index contributed by atoms with van der Waals surface area (Å²) in [5.74, 6) is -0.331. The van der Waals surface area contributed by atoms with Gasteiger partial charge in [0.2, 0.25) is 0 Å². The second-order valence-corrected chi connectivity index (χ2v) is 3.34. The first-order valence-electron chi connectivity index (χ1n) is 4.17. The molecule has 1 fully saturated rings. The number of hydrogen-bond donors (Lipinski definition) is 1. The molecule has 1 saturated heterocycles. The number of hydrogen-bond acceptors (Lipinski definition) is 4. The summed E-state index contributed by atoms with van der Waals surface area (Å²) >= 11 is 0. The minimum absolute atomic E-state index is 0.0337. The van der Waals surface area contributed by atoms with E-state index in [1.165, 1.54) is 7.11 Å². The van der Waals surface area contributed by atoms with Crippen LogP contribution in [0.25, 0.3) is 0 Å². The lowest BCUT2D eigenvalue weighted by Crippen LogP contribution is -2.49. The van der Waals surface area contributed by atoms with E-state index in [4.69, 9.17) is 5.73 Å². The normalized spacial score (nSPS) is 31.6. The van der Waals surface area contributed by atoms with Crippen LogP contribution in [0.4, 0.5) is 0 Å². The predicted molar refractivity (Wildman–Crippen MR) is 45.6 cm³/mol. The Kier molecular flexibility index (Phi) is 3.05. The van der Waals surface area contributed by atoms with E-state index in [0.717, 1.165) is 13.0 Å². The van der Waals surface area contributed by atoms with Crippen LogP contribution in [0.1, 0.15) is 6.42 Å². The molecular formula is C8H16N2O2. The fraction of sp³-hybridized carbons (Fsp3) is 0.875. The Balaban J connectivity index is 2.54. The number of piperidine rings is 1. The van der Waals surface area contributed by atoms with Gasteiger partial charge in [-0.25, -0.2) is 0 Å². The third kappa shape index (κ3) is 1.95. The summed E-state index contributed by atoms with van der Waals surface area (Å²) in [6.45, 7) is 1.68. The van der Waals surface area contributed by atoms with Crippen LogP contribution in [0, 0.1) is 5.92 Å². The molecule has 1 rings (SSSR count). The van der Waals surface area contributed by atoms with E-state index in [1.807, 2.05) is 7.05 Å². The van der Waals surface area contributed by atoms with Crippen molar-refractivity contribution in [1.29, 1.82) is 0 Å². The number of methoxy groups -OCH3 is 1. The van der Waals surface area contributed by atoms with Gasteiger partial charge in [-0.3, -0.25) is 4.79 Å². The summed E-state index contributed by atoms with van der Waals surface area (Å²) in [5.41, 5.74) is 5.79. The van der Waals surface area contributed by atoms with Crippen LogP contribution in [-0.2, 0) is 9.53 Å². The minimum atomic E-state index is -0.186. The van der Waals surface area contributed by atoms with Crippen LogP contribution >= 0.6 is 0 Å². The predicted octanol–water partition coefficient (Wildman–Crippen LogP) is -0.562. The van der Waals surface area contributed by atoms with E-state index in [0.29, 0.717) is 6.54 Å². The molecule has 0 aliphatic carbocycles. The van der Waals surface area contributed by atoms with Gasteiger partial charge in [-0.2, -0.15) is 0 Å². The van der Waals surface area contributed by atoms with Crippen molar-refractivity contribution in [1.82, 2.24) is 4.90 Å². The van der Waals surface area contributed by atoms with Gasteiger partial charge in [0, 0.05) is 12.6 Å². The lowest BCUT2D eigenvalue weighted by molar-refractivity contribution is -0.147. The molecule has 1 aliphatic rings. The SMILES string of the molecule is COC(=O)[C@@H]1CN(C)CC[C@@H]1N. The van der Waals surface area contributed by atoms with Crippen LogP contribution in [0.3, 0.4) is 0 Å². The van der Waals surface area contributed by atoms with Gasteiger partial charge in [-0.15, -0.1) is 0 Å². The van der Waals surface area contributed by atoms with Gasteiger partial charge in [-0.05, 0) is 20.0 Å². The van der Waals surface area contributed by atoms with Crippen molar-refractivity contribution in [3.8, 4) is 0 Å². The van der Waals surface area contributed by atoms with Gasteiger partial charge in [0.1, 0.15) is 0 Å². The van der Waals surface area contributed by atoms with Crippen molar-refractivity contribution in [3.05, 3.63) is 0 Å². The average molecular weight is 172 g/mol. The summed E-state index contributed by atoms with van der Waals surface area (Å²) in [4.78, 5) is 13.3. The first-order valence-corrected chi connectivity index (χ1v) is 4.17. The number of rotatable bonds is 1. The molecule has 0 aromatic heterocycles. The topological polar surface area (TPSA) is 55.6 Å². The Morgan fingerprint density at radius 1 is 1.67 bits per heavy atom. The standard InChI is InChI=1S/C8H16N2O2/c1-10-4-3-7(9)6(5-10)8(11)12-2/h6-7H,3-5,9H2,1-2H3/t6-,7+/m1/s1. The zero-order chi connectivity index (χ0) is 9.14. The molecule has 1 aliphatic heterocycles. The quantitative estimate of drug-likeness (QED) is 0.539. The molecule has 1 heterocycles. The summed E-state index contributed by atoms with van der Waals surface area (Å²) in [6, 6.07) is -0.0337. The monoisotopic (exact) mass is 172 g/mol. The Morgan fingerprint density at radius 3 is 2.92 bits per heavy atom. The second kappa shape index (κ2) is 3.87. The molecule has 0 radical (unpaired) electrons. The smallest absolute Gasteiger partial charge is 0.311 e. The van der Waals surface area contributed by atoms with E-state index in [-0.39, 0.29) is 17.9 Å². The third-order valence-electron chi connectivity index (χ3n) is 2.37. The molecule has 0 bridgehead atoms. The number of carbonyl (C=O) groups is 1. The highest BCUT2D eigenvalue weighted by Crippen LogP contribution is 2.15. The van der Waals surface area contributed by atoms with E-state index in [9.17, 15) is 4.79 Å². The second-order valence-electron chi connectivity index (χ2n) is 3.34. The molecule has 4 heteroatoms. The molecular weight excluding hydrogens is 156 g/mol. The van der Waals surface area contributed by atoms with E-state index < -0.39 is 0 Å². The molecule has 0 aromatic rings. The number of esters is 1. The molecule has 0 aromatic carbocycles. The highest BCUT2D eigenvalue weighted by Gasteiger charge is 2.31. The Bertz CT molecular complexity index is 172. The average Bonchev–Trinajstić information content (AvgIpc) is 2.08. The molecule has 4 nitrogen and oxygen atoms in total. The summed E-state index contributed by atoms with van der Waals surface area (Å²) < 4.78 is 4.66. The first-order chi connectivity index (χ1) is 5.65. The number of nitrogens with two attached hydrogens (primary N) is 1. The number of likely N-dealkylation sites (tertiary alicyclic amines) is 1. The molecule has 70 valence electrons. The molecule has 2 N–H and O–H groups in total. The van der Waals surface area contributed by atoms with Crippen LogP contribution in [0.15, 0.2) is 0 Å². The zero-order valence-electron chi connectivity index (χ0n) is 7.62. The summed E-state index contributed by atoms with van der Waals surface area (Å²) in [7, 11) is 3.39. The maximum Gasteiger partial charge on any atom is 0.311 e. The zero-order valence-corrected chi connectivity index (χ0v) is 7.62. The van der Waals surface area contributed by atoms with Gasteiger partial charge < -0.3 is 15.4 Å². The highest BCUT2D eigenvalue weighted by molar-refractivity contribution is 5.73. The van der Waals surface area contributed by atoms with Crippen molar-refractivity contribution in [2.24, 2.45) is 11.7 Å². The first kappa shape index (κ1) is 9.48. The maximum absolute atomic E-state index is 11.2. The number of nitrogens with zero attached hydrogens (tertiary/aromatic N) is 1. The molecule has 0 spiro atoms. The lowest BCUT2D eigenvalue weighted by Gasteiger charge is -2.32. The van der Waals surface area contributed by atoms with Crippen LogP contribution in [0.2, 0.25) is 0 Å². The lowest BCUT2D eigenvalue weighted by atomic mass is 9.93. The Morgan fingerprint density at radius 2 is 2.33 bits per heavy atom. The van der Waals surface area contributed by atoms with Crippen LogP contribution in [-0.4, -0.2) is 44.2 Å². The van der Waals surface area contributed by atoms with Crippen LogP contribution < -0.4 is 5.73 Å². The Labute approximate surface area is 72.7 Å². The van der Waals surface area contributed by atoms with Gasteiger partial charge >= 0.3 is 5.97 Å². The van der Waals surface area contributed by atoms with Crippen molar-refractivity contribution in [3.63, 3.8) is 0 Å².